The molecule has 112 valence electrons. The van der Waals surface area contributed by atoms with Crippen LogP contribution in [0.3, 0.4) is 0 Å². The van der Waals surface area contributed by atoms with Gasteiger partial charge in [0, 0.05) is 15.6 Å². The molecule has 2 rings (SSSR count). The summed E-state index contributed by atoms with van der Waals surface area (Å²) in [6, 6.07) is 9.17. The maximum atomic E-state index is 6.39. The highest BCUT2D eigenvalue weighted by Crippen LogP contribution is 2.38. The van der Waals surface area contributed by atoms with E-state index in [-0.39, 0.29) is 6.04 Å². The molecule has 0 amide bonds. The first-order chi connectivity index (χ1) is 9.99. The van der Waals surface area contributed by atoms with Crippen LogP contribution < -0.4 is 15.2 Å². The predicted molar refractivity (Wildman–Crippen MR) is 89.5 cm³/mol. The third-order valence-corrected chi connectivity index (χ3v) is 4.81. The lowest BCUT2D eigenvalue weighted by Gasteiger charge is -2.19. The molecule has 0 aromatic heterocycles. The van der Waals surface area contributed by atoms with E-state index in [0.717, 1.165) is 21.2 Å². The van der Waals surface area contributed by atoms with Gasteiger partial charge < -0.3 is 15.2 Å². The van der Waals surface area contributed by atoms with E-state index in [1.54, 1.807) is 20.3 Å². The third-order valence-electron chi connectivity index (χ3n) is 3.39. The van der Waals surface area contributed by atoms with Crippen molar-refractivity contribution < 1.29 is 9.47 Å². The molecule has 0 saturated carbocycles. The summed E-state index contributed by atoms with van der Waals surface area (Å²) >= 11 is 9.93. The van der Waals surface area contributed by atoms with Gasteiger partial charge in [-0.25, -0.2) is 0 Å². The molecule has 1 unspecified atom stereocenters. The molecule has 0 radical (unpaired) electrons. The van der Waals surface area contributed by atoms with Gasteiger partial charge in [0.25, 0.3) is 0 Å². The van der Waals surface area contributed by atoms with Crippen molar-refractivity contribution in [2.75, 3.05) is 14.2 Å². The van der Waals surface area contributed by atoms with Gasteiger partial charge in [0.1, 0.15) is 0 Å². The van der Waals surface area contributed by atoms with E-state index in [9.17, 15) is 0 Å². The van der Waals surface area contributed by atoms with Gasteiger partial charge >= 0.3 is 0 Å². The van der Waals surface area contributed by atoms with Gasteiger partial charge in [0.15, 0.2) is 11.5 Å². The molecule has 0 aliphatic heterocycles. The largest absolute Gasteiger partial charge is 0.493 e. The number of ether oxygens (including phenoxy) is 2. The minimum absolute atomic E-state index is 0.355. The van der Waals surface area contributed by atoms with Crippen molar-refractivity contribution in [3.05, 3.63) is 56.5 Å². The number of hydrogen-bond acceptors (Lipinski definition) is 3. The molecule has 1 atom stereocenters. The molecule has 0 heterocycles. The summed E-state index contributed by atoms with van der Waals surface area (Å²) in [5.74, 6) is 1.19. The molecule has 0 spiro atoms. The second kappa shape index (κ2) is 6.69. The second-order valence-electron chi connectivity index (χ2n) is 4.68. The fourth-order valence-corrected chi connectivity index (χ4v) is 2.97. The predicted octanol–water partition coefficient (Wildman–Crippen LogP) is 4.48. The standard InChI is InChI=1S/C16H17BrClNO2/c1-9-5-4-6-10(15(9)17)16(19)11-7-13(20-2)14(21-3)8-12(11)18/h4-8,16H,19H2,1-3H3. The van der Waals surface area contributed by atoms with Crippen LogP contribution in [-0.4, -0.2) is 14.2 Å². The monoisotopic (exact) mass is 369 g/mol. The van der Waals surface area contributed by atoms with Gasteiger partial charge in [-0.15, -0.1) is 0 Å². The second-order valence-corrected chi connectivity index (χ2v) is 5.88. The Balaban J connectivity index is 2.53. The average molecular weight is 371 g/mol. The number of nitrogens with two attached hydrogens (primary N) is 1. The lowest BCUT2D eigenvalue weighted by atomic mass is 9.97. The minimum atomic E-state index is -0.355. The summed E-state index contributed by atoms with van der Waals surface area (Å²) in [7, 11) is 3.16. The number of aryl methyl sites for hydroxylation is 1. The Labute approximate surface area is 138 Å². The van der Waals surface area contributed by atoms with Gasteiger partial charge in [-0.3, -0.25) is 0 Å². The summed E-state index contributed by atoms with van der Waals surface area (Å²) < 4.78 is 11.6. The highest BCUT2D eigenvalue weighted by molar-refractivity contribution is 9.10. The molecule has 0 aliphatic rings. The zero-order valence-electron chi connectivity index (χ0n) is 12.1. The molecular formula is C16H17BrClNO2. The van der Waals surface area contributed by atoms with Gasteiger partial charge in [-0.2, -0.15) is 0 Å². The van der Waals surface area contributed by atoms with Crippen molar-refractivity contribution in [1.29, 1.82) is 0 Å². The van der Waals surface area contributed by atoms with Gasteiger partial charge in [-0.1, -0.05) is 45.7 Å². The minimum Gasteiger partial charge on any atom is -0.493 e. The zero-order valence-corrected chi connectivity index (χ0v) is 14.5. The molecule has 2 aromatic carbocycles. The van der Waals surface area contributed by atoms with Crippen LogP contribution in [0.15, 0.2) is 34.8 Å². The Morgan fingerprint density at radius 3 is 2.33 bits per heavy atom. The average Bonchev–Trinajstić information content (AvgIpc) is 2.49. The fraction of sp³-hybridized carbons (Fsp3) is 0.250. The van der Waals surface area contributed by atoms with E-state index < -0.39 is 0 Å². The van der Waals surface area contributed by atoms with Crippen LogP contribution in [0.5, 0.6) is 11.5 Å². The first-order valence-corrected chi connectivity index (χ1v) is 7.58. The van der Waals surface area contributed by atoms with Gasteiger partial charge in [0.05, 0.1) is 20.3 Å². The summed E-state index contributed by atoms with van der Waals surface area (Å²) in [5, 5.41) is 0.550. The van der Waals surface area contributed by atoms with Crippen LogP contribution in [0.1, 0.15) is 22.7 Å². The van der Waals surface area contributed by atoms with E-state index in [0.29, 0.717) is 16.5 Å². The molecule has 2 N–H and O–H groups in total. The van der Waals surface area contributed by atoms with E-state index in [1.165, 1.54) is 0 Å². The first kappa shape index (κ1) is 16.1. The number of benzene rings is 2. The summed E-state index contributed by atoms with van der Waals surface area (Å²) in [6.07, 6.45) is 0. The Morgan fingerprint density at radius 2 is 1.71 bits per heavy atom. The van der Waals surface area contributed by atoms with Crippen LogP contribution in [0, 0.1) is 6.92 Å². The Hall–Kier alpha value is -1.23. The molecule has 0 saturated heterocycles. The zero-order chi connectivity index (χ0) is 15.6. The molecule has 0 fully saturated rings. The van der Waals surface area contributed by atoms with Crippen molar-refractivity contribution in [3.63, 3.8) is 0 Å². The molecule has 5 heteroatoms. The van der Waals surface area contributed by atoms with Crippen LogP contribution in [0.4, 0.5) is 0 Å². The third kappa shape index (κ3) is 3.18. The summed E-state index contributed by atoms with van der Waals surface area (Å²) in [6.45, 7) is 2.02. The normalized spacial score (nSPS) is 12.1. The van der Waals surface area contributed by atoms with Crippen LogP contribution in [0.2, 0.25) is 5.02 Å². The number of methoxy groups -OCH3 is 2. The Bertz CT molecular complexity index is 661. The molecule has 21 heavy (non-hydrogen) atoms. The molecule has 0 aliphatic carbocycles. The van der Waals surface area contributed by atoms with E-state index >= 15 is 0 Å². The lowest BCUT2D eigenvalue weighted by molar-refractivity contribution is 0.354. The Kier molecular flexibility index (Phi) is 5.14. The summed E-state index contributed by atoms with van der Waals surface area (Å²) in [4.78, 5) is 0. The van der Waals surface area contributed by atoms with E-state index in [1.807, 2.05) is 31.2 Å². The highest BCUT2D eigenvalue weighted by atomic mass is 79.9. The molecule has 2 aromatic rings. The first-order valence-electron chi connectivity index (χ1n) is 6.41. The van der Waals surface area contributed by atoms with Crippen LogP contribution >= 0.6 is 27.5 Å². The number of hydrogen-bond donors (Lipinski definition) is 1. The topological polar surface area (TPSA) is 44.5 Å². The number of halogens is 2. The van der Waals surface area contributed by atoms with Crippen molar-refractivity contribution in [3.8, 4) is 11.5 Å². The van der Waals surface area contributed by atoms with Crippen molar-refractivity contribution in [2.24, 2.45) is 5.73 Å². The van der Waals surface area contributed by atoms with Crippen molar-refractivity contribution in [2.45, 2.75) is 13.0 Å². The highest BCUT2D eigenvalue weighted by Gasteiger charge is 2.19. The van der Waals surface area contributed by atoms with Crippen LogP contribution in [0.25, 0.3) is 0 Å². The number of rotatable bonds is 4. The van der Waals surface area contributed by atoms with E-state index in [4.69, 9.17) is 26.8 Å². The molecular weight excluding hydrogens is 354 g/mol. The molecule has 3 nitrogen and oxygen atoms in total. The van der Waals surface area contributed by atoms with Gasteiger partial charge in [0.2, 0.25) is 0 Å². The van der Waals surface area contributed by atoms with Crippen molar-refractivity contribution in [1.82, 2.24) is 0 Å². The quantitative estimate of drug-likeness (QED) is 0.863. The lowest BCUT2D eigenvalue weighted by Crippen LogP contribution is -2.14. The van der Waals surface area contributed by atoms with Crippen LogP contribution in [-0.2, 0) is 0 Å². The molecule has 0 bridgehead atoms. The maximum absolute atomic E-state index is 6.39. The SMILES string of the molecule is COc1cc(Cl)c(C(N)c2cccc(C)c2Br)cc1OC. The fourth-order valence-electron chi connectivity index (χ4n) is 2.19. The van der Waals surface area contributed by atoms with Crippen molar-refractivity contribution >= 4 is 27.5 Å². The smallest absolute Gasteiger partial charge is 0.162 e. The van der Waals surface area contributed by atoms with Gasteiger partial charge in [-0.05, 0) is 29.7 Å². The Morgan fingerprint density at radius 1 is 1.10 bits per heavy atom. The summed E-state index contributed by atoms with van der Waals surface area (Å²) in [5.41, 5.74) is 9.28. The maximum Gasteiger partial charge on any atom is 0.162 e. The van der Waals surface area contributed by atoms with E-state index in [2.05, 4.69) is 15.9 Å².